The van der Waals surface area contributed by atoms with E-state index < -0.39 is 24.1 Å². The van der Waals surface area contributed by atoms with Crippen molar-refractivity contribution in [1.29, 1.82) is 0 Å². The number of ether oxygens (including phenoxy) is 8. The van der Waals surface area contributed by atoms with Crippen LogP contribution in [-0.2, 0) is 57.1 Å². The minimum Gasteiger partial charge on any atom is -0.463 e. The van der Waals surface area contributed by atoms with Crippen LogP contribution < -0.4 is 16.4 Å². The Bertz CT molecular complexity index is 1860. The number of morpholine rings is 2. The molecule has 2 aliphatic carbocycles. The lowest BCUT2D eigenvalue weighted by atomic mass is 9.85. The van der Waals surface area contributed by atoms with Crippen LogP contribution in [0.25, 0.3) is 10.4 Å². The zero-order valence-electron chi connectivity index (χ0n) is 41.2. The molecular formula is C46H74N10O14. The number of nitrogens with zero attached hydrogens (tertiary/aromatic N) is 7. The number of carbonyl (C=O) groups is 6. The van der Waals surface area contributed by atoms with Crippen molar-refractivity contribution in [3.05, 3.63) is 33.7 Å². The molecule has 24 heteroatoms. The molecule has 0 aromatic rings. The topological polar surface area (TPSA) is 288 Å². The number of hydrogen-bond acceptors (Lipinski definition) is 18. The number of rotatable bonds is 17. The van der Waals surface area contributed by atoms with Gasteiger partial charge in [-0.05, 0) is 71.0 Å². The lowest BCUT2D eigenvalue weighted by molar-refractivity contribution is -0.139. The van der Waals surface area contributed by atoms with Gasteiger partial charge in [-0.15, -0.1) is 0 Å². The van der Waals surface area contributed by atoms with Crippen molar-refractivity contribution >= 4 is 35.9 Å². The molecule has 0 aromatic carbocycles. The van der Waals surface area contributed by atoms with Gasteiger partial charge in [0.15, 0.2) is 0 Å². The maximum absolute atomic E-state index is 12.5. The average Bonchev–Trinajstić information content (AvgIpc) is 3.36. The molecule has 70 heavy (non-hydrogen) atoms. The summed E-state index contributed by atoms with van der Waals surface area (Å²) in [6.45, 7) is 14.7. The summed E-state index contributed by atoms with van der Waals surface area (Å²) >= 11 is 0. The number of nitrogens with two attached hydrogens (primary N) is 1. The molecule has 4 N–H and O–H groups in total. The highest BCUT2D eigenvalue weighted by atomic mass is 16.6. The molecule has 0 bridgehead atoms. The Balaban J connectivity index is 0.000000261. The van der Waals surface area contributed by atoms with Crippen molar-refractivity contribution in [3.63, 3.8) is 0 Å². The van der Waals surface area contributed by atoms with Gasteiger partial charge < -0.3 is 64.1 Å². The SMILES string of the molecule is CCOC(=O)C1=C[C@@H](N2CCC[C@H](OCCOC(=O)N3CCOCC3)C2)[C@H](NC(C)=O)[C@@H](N)C1.CCOC(=O)C1=C[C@@H](N2CCC[C@H](OCCOC(=O)N3CCOCC3)C2)[C@H](NC(C)=O)[C@@H](N=[N+]=[N-])C1. The predicted molar refractivity (Wildman–Crippen MR) is 251 cm³/mol. The summed E-state index contributed by atoms with van der Waals surface area (Å²) < 4.78 is 43.5. The molecule has 4 fully saturated rings. The van der Waals surface area contributed by atoms with Crippen LogP contribution in [0.2, 0.25) is 0 Å². The highest BCUT2D eigenvalue weighted by Crippen LogP contribution is 2.30. The molecule has 0 aromatic heterocycles. The Morgan fingerprint density at radius 1 is 0.671 bits per heavy atom. The van der Waals surface area contributed by atoms with Gasteiger partial charge in [0.1, 0.15) is 13.2 Å². The second-order valence-corrected chi connectivity index (χ2v) is 17.8. The largest absolute Gasteiger partial charge is 0.463 e. The smallest absolute Gasteiger partial charge is 0.409 e. The van der Waals surface area contributed by atoms with Gasteiger partial charge in [-0.3, -0.25) is 19.4 Å². The van der Waals surface area contributed by atoms with Crippen molar-refractivity contribution < 1.29 is 66.7 Å². The van der Waals surface area contributed by atoms with Crippen molar-refractivity contribution in [2.75, 3.05) is 118 Å². The van der Waals surface area contributed by atoms with Gasteiger partial charge in [0.2, 0.25) is 11.8 Å². The second-order valence-electron chi connectivity index (χ2n) is 17.8. The van der Waals surface area contributed by atoms with E-state index in [0.29, 0.717) is 96.5 Å². The fraction of sp³-hybridized carbons (Fsp3) is 0.783. The van der Waals surface area contributed by atoms with Crippen molar-refractivity contribution in [2.24, 2.45) is 10.8 Å². The third-order valence-electron chi connectivity index (χ3n) is 12.8. The summed E-state index contributed by atoms with van der Waals surface area (Å²) in [6, 6.07) is -2.46. The van der Waals surface area contributed by atoms with Gasteiger partial charge in [0, 0.05) is 81.3 Å². The summed E-state index contributed by atoms with van der Waals surface area (Å²) in [5.74, 6) is -1.22. The van der Waals surface area contributed by atoms with E-state index in [1.807, 2.05) is 12.2 Å². The van der Waals surface area contributed by atoms with E-state index in [2.05, 4.69) is 30.5 Å². The summed E-state index contributed by atoms with van der Waals surface area (Å²) in [4.78, 5) is 83.4. The normalized spacial score (nSPS) is 27.4. The molecule has 4 heterocycles. The van der Waals surface area contributed by atoms with E-state index in [4.69, 9.17) is 49.2 Å². The average molecular weight is 991 g/mol. The van der Waals surface area contributed by atoms with Gasteiger partial charge in [-0.2, -0.15) is 0 Å². The van der Waals surface area contributed by atoms with E-state index in [1.165, 1.54) is 13.8 Å². The first-order valence-electron chi connectivity index (χ1n) is 24.6. The summed E-state index contributed by atoms with van der Waals surface area (Å²) in [7, 11) is 0. The van der Waals surface area contributed by atoms with E-state index in [9.17, 15) is 28.8 Å². The molecule has 0 spiro atoms. The first-order chi connectivity index (χ1) is 33.8. The Hall–Kier alpha value is -5.07. The van der Waals surface area contributed by atoms with Gasteiger partial charge >= 0.3 is 24.1 Å². The van der Waals surface area contributed by atoms with Crippen LogP contribution in [0.1, 0.15) is 66.2 Å². The summed E-state index contributed by atoms with van der Waals surface area (Å²) in [5.41, 5.74) is 16.5. The number of hydrogen-bond donors (Lipinski definition) is 3. The molecule has 0 saturated carbocycles. The van der Waals surface area contributed by atoms with Crippen molar-refractivity contribution in [2.45, 2.75) is 115 Å². The molecule has 392 valence electrons. The van der Waals surface area contributed by atoms with E-state index >= 15 is 0 Å². The minimum atomic E-state index is -0.630. The highest BCUT2D eigenvalue weighted by molar-refractivity contribution is 5.89. The number of amides is 4. The maximum Gasteiger partial charge on any atom is 0.409 e. The molecule has 4 aliphatic heterocycles. The number of likely N-dealkylation sites (tertiary alicyclic amines) is 2. The van der Waals surface area contributed by atoms with Crippen molar-refractivity contribution in [1.82, 2.24) is 30.2 Å². The van der Waals surface area contributed by atoms with Crippen LogP contribution in [0.15, 0.2) is 28.4 Å². The zero-order chi connectivity index (χ0) is 50.4. The van der Waals surface area contributed by atoms with Gasteiger partial charge in [-0.25, -0.2) is 19.2 Å². The third kappa shape index (κ3) is 17.4. The fourth-order valence-electron chi connectivity index (χ4n) is 9.52. The molecule has 4 saturated heterocycles. The molecule has 6 aliphatic rings. The lowest BCUT2D eigenvalue weighted by Crippen LogP contribution is -2.62. The Labute approximate surface area is 409 Å². The minimum absolute atomic E-state index is 0.0496. The zero-order valence-corrected chi connectivity index (χ0v) is 41.2. The molecule has 0 unspecified atom stereocenters. The molecule has 0 radical (unpaired) electrons. The standard InChI is InChI=1S/C23H36N6O7.C23H38N4O7/c1-3-34-22(31)17-13-19(26-27-24)21(25-16(2)30)20(14-17)29-6-4-5-18(15-29)35-11-12-36-23(32)28-7-9-33-10-8-28;1-3-32-22(29)17-13-19(24)21(25-16(2)28)20(14-17)27-6-4-5-18(15-27)33-11-12-34-23(30)26-7-9-31-10-8-26/h14,18-21H,3-13,15H2,1-2H3,(H,25,30);14,18-21H,3-13,15,24H2,1-2H3,(H,25,28)/t2*18-,19-,20+,21+/m00/s1. The van der Waals surface area contributed by atoms with Gasteiger partial charge in [0.25, 0.3) is 0 Å². The molecule has 4 amide bonds. The number of azide groups is 1. The predicted octanol–water partition coefficient (Wildman–Crippen LogP) is 1.41. The Morgan fingerprint density at radius 3 is 1.56 bits per heavy atom. The molecule has 6 rings (SSSR count). The van der Waals surface area contributed by atoms with Crippen LogP contribution in [0.4, 0.5) is 9.59 Å². The first kappa shape index (κ1) is 55.9. The quantitative estimate of drug-likeness (QED) is 0.0464. The molecule has 8 atom stereocenters. The molecular weight excluding hydrogens is 917 g/mol. The lowest BCUT2D eigenvalue weighted by Gasteiger charge is -2.44. The van der Waals surface area contributed by atoms with E-state index in [1.54, 1.807) is 23.6 Å². The van der Waals surface area contributed by atoms with Crippen LogP contribution in [0.3, 0.4) is 0 Å². The summed E-state index contributed by atoms with van der Waals surface area (Å²) in [6.07, 6.45) is 6.82. The number of nitrogens with one attached hydrogen (secondary N) is 2. The van der Waals surface area contributed by atoms with E-state index in [-0.39, 0.29) is 93.2 Å². The Morgan fingerprint density at radius 2 is 1.11 bits per heavy atom. The number of carbonyl (C=O) groups excluding carboxylic acids is 6. The third-order valence-corrected chi connectivity index (χ3v) is 12.8. The van der Waals surface area contributed by atoms with Crippen molar-refractivity contribution in [3.8, 4) is 0 Å². The molecule has 24 nitrogen and oxygen atoms in total. The second kappa shape index (κ2) is 29.3. The summed E-state index contributed by atoms with van der Waals surface area (Å²) in [5, 5.41) is 9.77. The highest BCUT2D eigenvalue weighted by Gasteiger charge is 2.41. The van der Waals surface area contributed by atoms with Gasteiger partial charge in [0.05, 0.1) is 89.2 Å². The van der Waals surface area contributed by atoms with Crippen LogP contribution in [0.5, 0.6) is 0 Å². The Kier molecular flexibility index (Phi) is 23.4. The number of esters is 2. The monoisotopic (exact) mass is 991 g/mol. The fourth-order valence-corrected chi connectivity index (χ4v) is 9.52. The maximum atomic E-state index is 12.5. The van der Waals surface area contributed by atoms with Crippen LogP contribution in [0, 0.1) is 0 Å². The number of piperidine rings is 2. The van der Waals surface area contributed by atoms with Gasteiger partial charge in [-0.1, -0.05) is 17.3 Å². The van der Waals surface area contributed by atoms with Crippen LogP contribution in [-0.4, -0.2) is 222 Å². The van der Waals surface area contributed by atoms with E-state index in [0.717, 1.165) is 38.8 Å². The first-order valence-corrected chi connectivity index (χ1v) is 24.6. The van der Waals surface area contributed by atoms with Crippen LogP contribution >= 0.6 is 0 Å².